The Morgan fingerprint density at radius 2 is 2.18 bits per heavy atom. The maximum absolute atomic E-state index is 12.0. The predicted octanol–water partition coefficient (Wildman–Crippen LogP) is 2.96. The van der Waals surface area contributed by atoms with Crippen LogP contribution in [0.1, 0.15) is 33.6 Å². The summed E-state index contributed by atoms with van der Waals surface area (Å²) in [6, 6.07) is 0.143. The number of carbonyl (C=O) groups is 1. The molecule has 0 aromatic heterocycles. The topological polar surface area (TPSA) is 38.3 Å². The van der Waals surface area contributed by atoms with Gasteiger partial charge >= 0.3 is 0 Å². The molecule has 1 aliphatic heterocycles. The zero-order valence-corrected chi connectivity index (χ0v) is 11.4. The Morgan fingerprint density at radius 3 is 2.71 bits per heavy atom. The second-order valence-electron chi connectivity index (χ2n) is 4.24. The number of carbonyl (C=O) groups excluding carboxylic acids is 1. The summed E-state index contributed by atoms with van der Waals surface area (Å²) in [5, 5.41) is 3.15. The molecule has 17 heavy (non-hydrogen) atoms. The van der Waals surface area contributed by atoms with Gasteiger partial charge in [0.1, 0.15) is 6.61 Å². The molecule has 96 valence electrons. The third-order valence-electron chi connectivity index (χ3n) is 3.16. The van der Waals surface area contributed by atoms with Gasteiger partial charge in [-0.3, -0.25) is 4.79 Å². The SMILES string of the molecule is CCC(CC)C(C)NC(=O)C1=C(Cl)OCC=C1. The molecular formula is C13H20ClNO2. The highest BCUT2D eigenvalue weighted by Gasteiger charge is 2.20. The number of hydrogen-bond acceptors (Lipinski definition) is 2. The van der Waals surface area contributed by atoms with E-state index in [1.54, 1.807) is 12.2 Å². The highest BCUT2D eigenvalue weighted by atomic mass is 35.5. The molecule has 0 aromatic rings. The van der Waals surface area contributed by atoms with Gasteiger partial charge in [0.05, 0.1) is 5.57 Å². The van der Waals surface area contributed by atoms with Crippen LogP contribution in [-0.2, 0) is 9.53 Å². The Kier molecular flexibility index (Phi) is 5.56. The summed E-state index contributed by atoms with van der Waals surface area (Å²) in [7, 11) is 0. The molecule has 0 aliphatic carbocycles. The van der Waals surface area contributed by atoms with Crippen molar-refractivity contribution in [2.45, 2.75) is 39.7 Å². The van der Waals surface area contributed by atoms with Crippen LogP contribution in [0.5, 0.6) is 0 Å². The van der Waals surface area contributed by atoms with Gasteiger partial charge in [0, 0.05) is 6.04 Å². The predicted molar refractivity (Wildman–Crippen MR) is 69.6 cm³/mol. The van der Waals surface area contributed by atoms with E-state index < -0.39 is 0 Å². The van der Waals surface area contributed by atoms with Gasteiger partial charge in [-0.05, 0) is 36.6 Å². The zero-order chi connectivity index (χ0) is 12.8. The smallest absolute Gasteiger partial charge is 0.256 e. The van der Waals surface area contributed by atoms with Gasteiger partial charge in [-0.15, -0.1) is 0 Å². The minimum atomic E-state index is -0.162. The quantitative estimate of drug-likeness (QED) is 0.822. The van der Waals surface area contributed by atoms with Crippen LogP contribution in [0.4, 0.5) is 0 Å². The van der Waals surface area contributed by atoms with Gasteiger partial charge in [-0.25, -0.2) is 0 Å². The number of rotatable bonds is 5. The number of nitrogens with one attached hydrogen (secondary N) is 1. The van der Waals surface area contributed by atoms with Crippen LogP contribution in [0.2, 0.25) is 0 Å². The first kappa shape index (κ1) is 14.1. The molecule has 0 saturated heterocycles. The molecule has 3 nitrogen and oxygen atoms in total. The van der Waals surface area contributed by atoms with Crippen LogP contribution in [-0.4, -0.2) is 18.6 Å². The Morgan fingerprint density at radius 1 is 1.53 bits per heavy atom. The summed E-state index contributed by atoms with van der Waals surface area (Å²) in [5.41, 5.74) is 0.413. The lowest BCUT2D eigenvalue weighted by Crippen LogP contribution is -2.38. The summed E-state index contributed by atoms with van der Waals surface area (Å²) in [6.07, 6.45) is 5.59. The van der Waals surface area contributed by atoms with E-state index in [4.69, 9.17) is 16.3 Å². The van der Waals surface area contributed by atoms with Crippen molar-refractivity contribution in [3.8, 4) is 0 Å². The van der Waals surface area contributed by atoms with Gasteiger partial charge in [-0.2, -0.15) is 0 Å². The third kappa shape index (κ3) is 3.77. The lowest BCUT2D eigenvalue weighted by atomic mass is 9.95. The van der Waals surface area contributed by atoms with Gasteiger partial charge in [-0.1, -0.05) is 26.7 Å². The highest BCUT2D eigenvalue weighted by molar-refractivity contribution is 6.31. The highest BCUT2D eigenvalue weighted by Crippen LogP contribution is 2.18. The number of halogens is 1. The summed E-state index contributed by atoms with van der Waals surface area (Å²) in [5.74, 6) is 0.331. The monoisotopic (exact) mass is 257 g/mol. The van der Waals surface area contributed by atoms with Crippen LogP contribution in [0.15, 0.2) is 22.9 Å². The molecular weight excluding hydrogens is 238 g/mol. The van der Waals surface area contributed by atoms with E-state index in [9.17, 15) is 4.79 Å². The maximum atomic E-state index is 12.0. The Balaban J connectivity index is 2.63. The number of hydrogen-bond donors (Lipinski definition) is 1. The van der Waals surface area contributed by atoms with Crippen LogP contribution in [0, 0.1) is 5.92 Å². The first-order chi connectivity index (χ1) is 8.10. The molecule has 1 atom stereocenters. The average molecular weight is 258 g/mol. The van der Waals surface area contributed by atoms with Crippen molar-refractivity contribution < 1.29 is 9.53 Å². The summed E-state index contributed by atoms with van der Waals surface area (Å²) in [6.45, 7) is 6.72. The van der Waals surface area contributed by atoms with Crippen molar-refractivity contribution >= 4 is 17.5 Å². The van der Waals surface area contributed by atoms with Gasteiger partial charge in [0.2, 0.25) is 0 Å². The molecule has 4 heteroatoms. The molecule has 0 saturated carbocycles. The van der Waals surface area contributed by atoms with Crippen LogP contribution in [0.25, 0.3) is 0 Å². The lowest BCUT2D eigenvalue weighted by molar-refractivity contribution is -0.118. The number of ether oxygens (including phenoxy) is 1. The first-order valence-electron chi connectivity index (χ1n) is 6.10. The fraction of sp³-hybridized carbons (Fsp3) is 0.615. The summed E-state index contributed by atoms with van der Waals surface area (Å²) in [4.78, 5) is 12.0. The molecule has 1 N–H and O–H groups in total. The molecule has 0 radical (unpaired) electrons. The van der Waals surface area contributed by atoms with Crippen LogP contribution in [0.3, 0.4) is 0 Å². The van der Waals surface area contributed by atoms with Gasteiger partial charge in [0.25, 0.3) is 5.91 Å². The second kappa shape index (κ2) is 6.70. The van der Waals surface area contributed by atoms with Crippen LogP contribution < -0.4 is 5.32 Å². The largest absolute Gasteiger partial charge is 0.478 e. The Bertz CT molecular complexity index is 332. The van der Waals surface area contributed by atoms with Crippen molar-refractivity contribution in [1.29, 1.82) is 0 Å². The zero-order valence-electron chi connectivity index (χ0n) is 10.6. The summed E-state index contributed by atoms with van der Waals surface area (Å²) >= 11 is 5.85. The first-order valence-corrected chi connectivity index (χ1v) is 6.47. The molecule has 1 aliphatic rings. The summed E-state index contributed by atoms with van der Waals surface area (Å²) < 4.78 is 5.10. The van der Waals surface area contributed by atoms with Crippen molar-refractivity contribution in [2.24, 2.45) is 5.92 Å². The fourth-order valence-electron chi connectivity index (χ4n) is 1.99. The molecule has 0 spiro atoms. The van der Waals surface area contributed by atoms with E-state index in [1.165, 1.54) is 0 Å². The van der Waals surface area contributed by atoms with Gasteiger partial charge in [0.15, 0.2) is 5.22 Å². The lowest BCUT2D eigenvalue weighted by Gasteiger charge is -2.23. The normalized spacial score (nSPS) is 17.0. The van der Waals surface area contributed by atoms with E-state index in [0.29, 0.717) is 18.1 Å². The van der Waals surface area contributed by atoms with Crippen LogP contribution >= 0.6 is 11.6 Å². The average Bonchev–Trinajstić information content (AvgIpc) is 2.31. The Labute approximate surface area is 108 Å². The minimum absolute atomic E-state index is 0.143. The molecule has 1 heterocycles. The molecule has 0 fully saturated rings. The number of amides is 1. The molecule has 1 rings (SSSR count). The van der Waals surface area contributed by atoms with E-state index in [0.717, 1.165) is 12.8 Å². The maximum Gasteiger partial charge on any atom is 0.256 e. The van der Waals surface area contributed by atoms with E-state index in [1.807, 2.05) is 6.92 Å². The van der Waals surface area contributed by atoms with Crippen molar-refractivity contribution in [1.82, 2.24) is 5.32 Å². The van der Waals surface area contributed by atoms with E-state index in [-0.39, 0.29) is 17.2 Å². The van der Waals surface area contributed by atoms with E-state index in [2.05, 4.69) is 19.2 Å². The fourth-order valence-corrected chi connectivity index (χ4v) is 2.21. The van der Waals surface area contributed by atoms with Crippen molar-refractivity contribution in [2.75, 3.05) is 6.61 Å². The standard InChI is InChI=1S/C13H20ClNO2/c1-4-10(5-2)9(3)15-13(16)11-7-6-8-17-12(11)14/h6-7,9-10H,4-5,8H2,1-3H3,(H,15,16). The molecule has 1 amide bonds. The minimum Gasteiger partial charge on any atom is -0.478 e. The van der Waals surface area contributed by atoms with Crippen molar-refractivity contribution in [3.05, 3.63) is 22.9 Å². The molecule has 0 aromatic carbocycles. The third-order valence-corrected chi connectivity index (χ3v) is 3.47. The Hall–Kier alpha value is -0.960. The molecule has 1 unspecified atom stereocenters. The van der Waals surface area contributed by atoms with Gasteiger partial charge < -0.3 is 10.1 Å². The second-order valence-corrected chi connectivity index (χ2v) is 4.58. The van der Waals surface area contributed by atoms with Crippen molar-refractivity contribution in [3.63, 3.8) is 0 Å². The molecule has 0 bridgehead atoms. The van der Waals surface area contributed by atoms with E-state index >= 15 is 0 Å².